The summed E-state index contributed by atoms with van der Waals surface area (Å²) in [5.74, 6) is -0.215. The number of amides is 2. The van der Waals surface area contributed by atoms with Gasteiger partial charge in [0.15, 0.2) is 0 Å². The van der Waals surface area contributed by atoms with Crippen LogP contribution in [-0.2, 0) is 11.3 Å². The molecule has 2 aliphatic heterocycles. The number of likely N-dealkylation sites (N-methyl/N-ethyl adjacent to an activating group) is 1. The molecule has 4 rings (SSSR count). The number of nitrogens with zero attached hydrogens (tertiary/aromatic N) is 5. The number of nitrogens with one attached hydrogen (secondary N) is 1. The number of aromatic nitrogens is 2. The van der Waals surface area contributed by atoms with Crippen molar-refractivity contribution in [2.45, 2.75) is 59.0 Å². The van der Waals surface area contributed by atoms with Crippen LogP contribution in [0.15, 0.2) is 11.1 Å². The van der Waals surface area contributed by atoms with Crippen molar-refractivity contribution in [2.24, 2.45) is 0 Å². The van der Waals surface area contributed by atoms with Crippen LogP contribution in [0.25, 0.3) is 10.2 Å². The molecule has 2 aliphatic rings. The quantitative estimate of drug-likeness (QED) is 0.555. The van der Waals surface area contributed by atoms with Crippen LogP contribution in [0.1, 0.15) is 54.8 Å². The van der Waals surface area contributed by atoms with Crippen LogP contribution in [0.4, 0.5) is 0 Å². The molecule has 1 atom stereocenters. The maximum Gasteiger partial charge on any atom is 0.262 e. The minimum atomic E-state index is -0.257. The van der Waals surface area contributed by atoms with E-state index in [0.717, 1.165) is 71.5 Å². The van der Waals surface area contributed by atoms with E-state index in [4.69, 9.17) is 0 Å². The molecule has 2 amide bonds. The summed E-state index contributed by atoms with van der Waals surface area (Å²) in [5, 5.41) is 3.45. The molecule has 10 heteroatoms. The van der Waals surface area contributed by atoms with Gasteiger partial charge in [0.1, 0.15) is 11.4 Å². The second-order valence-electron chi connectivity index (χ2n) is 9.73. The number of piperazine rings is 1. The first-order valence-corrected chi connectivity index (χ1v) is 13.7. The van der Waals surface area contributed by atoms with Crippen molar-refractivity contribution in [2.75, 3.05) is 52.4 Å². The van der Waals surface area contributed by atoms with Gasteiger partial charge in [-0.25, -0.2) is 4.98 Å². The van der Waals surface area contributed by atoms with E-state index in [2.05, 4.69) is 33.9 Å². The average Bonchev–Trinajstić information content (AvgIpc) is 3.21. The Labute approximate surface area is 211 Å². The van der Waals surface area contributed by atoms with Crippen LogP contribution >= 0.6 is 11.3 Å². The molecule has 0 aliphatic carbocycles. The zero-order valence-electron chi connectivity index (χ0n) is 21.2. The Morgan fingerprint density at radius 2 is 1.89 bits per heavy atom. The fourth-order valence-corrected chi connectivity index (χ4v) is 6.16. The Bertz CT molecular complexity index is 1100. The summed E-state index contributed by atoms with van der Waals surface area (Å²) < 4.78 is 1.38. The molecule has 0 bridgehead atoms. The summed E-state index contributed by atoms with van der Waals surface area (Å²) >= 11 is 1.24. The lowest BCUT2D eigenvalue weighted by atomic mass is 10.0. The minimum Gasteiger partial charge on any atom is -0.351 e. The third-order valence-electron chi connectivity index (χ3n) is 7.40. The number of hydrogen-bond donors (Lipinski definition) is 1. The Kier molecular flexibility index (Phi) is 8.56. The number of aryl methyl sites for hydroxylation is 1. The average molecular weight is 503 g/mol. The Morgan fingerprint density at radius 3 is 2.60 bits per heavy atom. The first-order valence-electron chi connectivity index (χ1n) is 12.9. The van der Waals surface area contributed by atoms with E-state index >= 15 is 0 Å². The van der Waals surface area contributed by atoms with E-state index in [1.54, 1.807) is 6.92 Å². The highest BCUT2D eigenvalue weighted by Crippen LogP contribution is 2.26. The number of fused-ring (bicyclic) bond motifs is 1. The van der Waals surface area contributed by atoms with Crippen molar-refractivity contribution >= 4 is 33.4 Å². The molecular weight excluding hydrogens is 464 g/mol. The largest absolute Gasteiger partial charge is 0.351 e. The molecule has 0 saturated carbocycles. The number of carbonyl (C=O) groups excluding carboxylic acids is 2. The van der Waals surface area contributed by atoms with Crippen molar-refractivity contribution in [3.05, 3.63) is 27.1 Å². The maximum atomic E-state index is 13.2. The van der Waals surface area contributed by atoms with Crippen molar-refractivity contribution in [3.63, 3.8) is 0 Å². The minimum absolute atomic E-state index is 0.0184. The summed E-state index contributed by atoms with van der Waals surface area (Å²) in [7, 11) is 0. The van der Waals surface area contributed by atoms with Crippen molar-refractivity contribution < 1.29 is 9.59 Å². The third kappa shape index (κ3) is 5.92. The number of hydrogen-bond acceptors (Lipinski definition) is 7. The monoisotopic (exact) mass is 502 g/mol. The van der Waals surface area contributed by atoms with Gasteiger partial charge in [-0.1, -0.05) is 6.92 Å². The smallest absolute Gasteiger partial charge is 0.262 e. The van der Waals surface area contributed by atoms with E-state index in [-0.39, 0.29) is 30.0 Å². The van der Waals surface area contributed by atoms with E-state index in [1.807, 2.05) is 4.90 Å². The molecule has 2 aromatic rings. The highest BCUT2D eigenvalue weighted by molar-refractivity contribution is 7.20. The van der Waals surface area contributed by atoms with Gasteiger partial charge in [-0.05, 0) is 58.2 Å². The van der Waals surface area contributed by atoms with E-state index in [1.165, 1.54) is 22.2 Å². The first kappa shape index (κ1) is 25.8. The molecule has 4 heterocycles. The van der Waals surface area contributed by atoms with E-state index in [0.29, 0.717) is 27.2 Å². The standard InChI is InChI=1S/C25H38N6O3S/c1-4-28-12-14-29(15-13-28)10-7-9-26-23(33)22-19(3)21-24(35-22)27-17-30(25(21)34)16-20(32)31-11-6-5-8-18(31)2/h17-18H,4-16H2,1-3H3,(H,26,33)/t18-/m0/s1. The molecule has 0 spiro atoms. The summed E-state index contributed by atoms with van der Waals surface area (Å²) in [6.45, 7) is 13.8. The fraction of sp³-hybridized carbons (Fsp3) is 0.680. The Morgan fingerprint density at radius 1 is 1.14 bits per heavy atom. The normalized spacial score (nSPS) is 19.9. The number of carbonyl (C=O) groups is 2. The Balaban J connectivity index is 1.36. The molecule has 1 N–H and O–H groups in total. The molecule has 0 radical (unpaired) electrons. The van der Waals surface area contributed by atoms with Gasteiger partial charge in [0, 0.05) is 45.3 Å². The first-order chi connectivity index (χ1) is 16.9. The van der Waals surface area contributed by atoms with Crippen LogP contribution in [0, 0.1) is 6.92 Å². The van der Waals surface area contributed by atoms with Gasteiger partial charge in [-0.2, -0.15) is 0 Å². The maximum absolute atomic E-state index is 13.2. The number of rotatable bonds is 8. The number of piperidine rings is 1. The molecule has 2 fully saturated rings. The SMILES string of the molecule is CCN1CCN(CCCNC(=O)c2sc3ncn(CC(=O)N4CCCC[C@@H]4C)c(=O)c3c2C)CC1. The summed E-state index contributed by atoms with van der Waals surface area (Å²) in [4.78, 5) is 51.1. The van der Waals surface area contributed by atoms with Gasteiger partial charge in [-0.15, -0.1) is 11.3 Å². The Hall–Kier alpha value is -2.30. The highest BCUT2D eigenvalue weighted by Gasteiger charge is 2.25. The summed E-state index contributed by atoms with van der Waals surface area (Å²) in [6.07, 6.45) is 5.46. The molecule has 9 nitrogen and oxygen atoms in total. The van der Waals surface area contributed by atoms with Crippen molar-refractivity contribution in [3.8, 4) is 0 Å². The van der Waals surface area contributed by atoms with Gasteiger partial charge in [-0.3, -0.25) is 19.0 Å². The molecule has 2 saturated heterocycles. The predicted molar refractivity (Wildman–Crippen MR) is 139 cm³/mol. The summed E-state index contributed by atoms with van der Waals surface area (Å²) in [5.41, 5.74) is 0.385. The molecular formula is C25H38N6O3S. The highest BCUT2D eigenvalue weighted by atomic mass is 32.1. The lowest BCUT2D eigenvalue weighted by Crippen LogP contribution is -2.46. The molecule has 0 unspecified atom stereocenters. The molecule has 35 heavy (non-hydrogen) atoms. The van der Waals surface area contributed by atoms with Crippen LogP contribution in [-0.4, -0.2) is 94.5 Å². The van der Waals surface area contributed by atoms with Crippen LogP contribution in [0.2, 0.25) is 0 Å². The predicted octanol–water partition coefficient (Wildman–Crippen LogP) is 1.92. The van der Waals surface area contributed by atoms with Gasteiger partial charge < -0.3 is 20.0 Å². The van der Waals surface area contributed by atoms with Crippen LogP contribution < -0.4 is 10.9 Å². The lowest BCUT2D eigenvalue weighted by Gasteiger charge is -2.33. The third-order valence-corrected chi connectivity index (χ3v) is 8.60. The van der Waals surface area contributed by atoms with Crippen LogP contribution in [0.3, 0.4) is 0 Å². The van der Waals surface area contributed by atoms with Gasteiger partial charge in [0.2, 0.25) is 5.91 Å². The topological polar surface area (TPSA) is 90.8 Å². The summed E-state index contributed by atoms with van der Waals surface area (Å²) in [6, 6.07) is 0.197. The molecule has 0 aromatic carbocycles. The fourth-order valence-electron chi connectivity index (χ4n) is 5.11. The second-order valence-corrected chi connectivity index (χ2v) is 10.7. The number of likely N-dealkylation sites (tertiary alicyclic amines) is 1. The number of thiophene rings is 1. The van der Waals surface area contributed by atoms with Crippen molar-refractivity contribution in [1.29, 1.82) is 0 Å². The van der Waals surface area contributed by atoms with Gasteiger partial charge in [0.25, 0.3) is 11.5 Å². The lowest BCUT2D eigenvalue weighted by molar-refractivity contribution is -0.135. The van der Waals surface area contributed by atoms with E-state index < -0.39 is 0 Å². The van der Waals surface area contributed by atoms with Gasteiger partial charge in [0.05, 0.1) is 16.6 Å². The van der Waals surface area contributed by atoms with Gasteiger partial charge >= 0.3 is 0 Å². The zero-order valence-corrected chi connectivity index (χ0v) is 22.0. The second kappa shape index (κ2) is 11.6. The van der Waals surface area contributed by atoms with Crippen molar-refractivity contribution in [1.82, 2.24) is 29.6 Å². The van der Waals surface area contributed by atoms with E-state index in [9.17, 15) is 14.4 Å². The van der Waals surface area contributed by atoms with Crippen LogP contribution in [0.5, 0.6) is 0 Å². The molecule has 192 valence electrons. The molecule has 2 aromatic heterocycles. The zero-order chi connectivity index (χ0) is 24.9.